The zero-order valence-electron chi connectivity index (χ0n) is 10.1. The molecule has 1 heterocycles. The van der Waals surface area contributed by atoms with E-state index in [0.717, 1.165) is 16.9 Å². The fourth-order valence-corrected chi connectivity index (χ4v) is 2.43. The first-order chi connectivity index (χ1) is 8.18. The molecule has 2 atom stereocenters. The minimum absolute atomic E-state index is 0.0378. The van der Waals surface area contributed by atoms with Gasteiger partial charge in [0, 0.05) is 11.6 Å². The Morgan fingerprint density at radius 2 is 2.00 bits per heavy atom. The first-order valence-corrected chi connectivity index (χ1v) is 6.62. The van der Waals surface area contributed by atoms with Crippen molar-refractivity contribution >= 4 is 11.3 Å². The monoisotopic (exact) mass is 247 g/mol. The Morgan fingerprint density at radius 3 is 2.59 bits per heavy atom. The van der Waals surface area contributed by atoms with Crippen molar-refractivity contribution in [3.05, 3.63) is 52.2 Å². The van der Waals surface area contributed by atoms with Gasteiger partial charge < -0.3 is 10.5 Å². The smallest absolute Gasteiger partial charge is 0.139 e. The zero-order valence-corrected chi connectivity index (χ0v) is 10.9. The van der Waals surface area contributed by atoms with E-state index in [9.17, 15) is 0 Å². The van der Waals surface area contributed by atoms with Crippen LogP contribution in [0.15, 0.2) is 41.1 Å². The highest BCUT2D eigenvalue weighted by atomic mass is 32.1. The second-order valence-corrected chi connectivity index (χ2v) is 5.00. The van der Waals surface area contributed by atoms with E-state index in [1.807, 2.05) is 43.5 Å². The van der Waals surface area contributed by atoms with Crippen LogP contribution in [0.2, 0.25) is 0 Å². The molecular weight excluding hydrogens is 230 g/mol. The molecule has 90 valence electrons. The molecule has 2 unspecified atom stereocenters. The van der Waals surface area contributed by atoms with Crippen molar-refractivity contribution in [1.82, 2.24) is 0 Å². The van der Waals surface area contributed by atoms with E-state index < -0.39 is 0 Å². The summed E-state index contributed by atoms with van der Waals surface area (Å²) < 4.78 is 6.03. The molecule has 0 saturated carbocycles. The largest absolute Gasteiger partial charge is 0.484 e. The Kier molecular flexibility index (Phi) is 3.82. The minimum Gasteiger partial charge on any atom is -0.484 e. The number of rotatable bonds is 4. The lowest BCUT2D eigenvalue weighted by Gasteiger charge is -2.22. The molecule has 0 saturated heterocycles. The number of aryl methyl sites for hydroxylation is 1. The van der Waals surface area contributed by atoms with E-state index >= 15 is 0 Å². The molecule has 17 heavy (non-hydrogen) atoms. The van der Waals surface area contributed by atoms with Gasteiger partial charge in [0.15, 0.2) is 0 Å². The predicted molar refractivity (Wildman–Crippen MR) is 72.5 cm³/mol. The standard InChI is InChI=1S/C14H17NOS/c1-10-5-3-4-6-13(10)16-14(11(2)15)12-7-8-17-9-12/h3-9,11,14H,15H2,1-2H3. The Morgan fingerprint density at radius 1 is 1.24 bits per heavy atom. The lowest BCUT2D eigenvalue weighted by molar-refractivity contribution is 0.179. The molecule has 3 heteroatoms. The minimum atomic E-state index is -0.0812. The highest BCUT2D eigenvalue weighted by Crippen LogP contribution is 2.27. The molecule has 0 aliphatic rings. The Labute approximate surface area is 106 Å². The molecule has 0 radical (unpaired) electrons. The lowest BCUT2D eigenvalue weighted by Crippen LogP contribution is -2.28. The average molecular weight is 247 g/mol. The SMILES string of the molecule is Cc1ccccc1OC(c1ccsc1)C(C)N. The zero-order chi connectivity index (χ0) is 12.3. The van der Waals surface area contributed by atoms with Crippen LogP contribution >= 0.6 is 11.3 Å². The van der Waals surface area contributed by atoms with Gasteiger partial charge in [-0.05, 0) is 42.3 Å². The van der Waals surface area contributed by atoms with Crippen LogP contribution in [0, 0.1) is 6.92 Å². The quantitative estimate of drug-likeness (QED) is 0.897. The summed E-state index contributed by atoms with van der Waals surface area (Å²) in [5, 5.41) is 4.14. The van der Waals surface area contributed by atoms with Crippen molar-refractivity contribution in [3.63, 3.8) is 0 Å². The summed E-state index contributed by atoms with van der Waals surface area (Å²) in [5.74, 6) is 0.904. The summed E-state index contributed by atoms with van der Waals surface area (Å²) in [6.45, 7) is 4.02. The predicted octanol–water partition coefficient (Wildman–Crippen LogP) is 3.52. The van der Waals surface area contributed by atoms with E-state index in [0.29, 0.717) is 0 Å². The molecule has 0 spiro atoms. The number of hydrogen-bond donors (Lipinski definition) is 1. The van der Waals surface area contributed by atoms with E-state index in [4.69, 9.17) is 10.5 Å². The van der Waals surface area contributed by atoms with Crippen molar-refractivity contribution in [1.29, 1.82) is 0 Å². The van der Waals surface area contributed by atoms with Gasteiger partial charge in [-0.1, -0.05) is 18.2 Å². The summed E-state index contributed by atoms with van der Waals surface area (Å²) >= 11 is 1.66. The van der Waals surface area contributed by atoms with Crippen LogP contribution in [0.3, 0.4) is 0 Å². The molecule has 0 bridgehead atoms. The second-order valence-electron chi connectivity index (χ2n) is 4.22. The molecule has 0 fully saturated rings. The third-order valence-corrected chi connectivity index (χ3v) is 3.40. The van der Waals surface area contributed by atoms with Crippen molar-refractivity contribution in [2.75, 3.05) is 0 Å². The van der Waals surface area contributed by atoms with Gasteiger partial charge in [0.05, 0.1) is 0 Å². The number of ether oxygens (including phenoxy) is 1. The van der Waals surface area contributed by atoms with Crippen LogP contribution in [0.1, 0.15) is 24.2 Å². The highest BCUT2D eigenvalue weighted by Gasteiger charge is 2.19. The number of thiophene rings is 1. The van der Waals surface area contributed by atoms with Crippen LogP contribution in [0.4, 0.5) is 0 Å². The first-order valence-electron chi connectivity index (χ1n) is 5.68. The summed E-state index contributed by atoms with van der Waals surface area (Å²) in [7, 11) is 0. The van der Waals surface area contributed by atoms with Gasteiger partial charge in [-0.3, -0.25) is 0 Å². The maximum atomic E-state index is 6.03. The van der Waals surface area contributed by atoms with Gasteiger partial charge in [-0.25, -0.2) is 0 Å². The molecule has 0 aliphatic heterocycles. The Hall–Kier alpha value is -1.32. The first kappa shape index (κ1) is 12.1. The van der Waals surface area contributed by atoms with Crippen LogP contribution < -0.4 is 10.5 Å². The topological polar surface area (TPSA) is 35.2 Å². The molecule has 1 aromatic heterocycles. The summed E-state index contributed by atoms with van der Waals surface area (Å²) in [6, 6.07) is 10.0. The lowest BCUT2D eigenvalue weighted by atomic mass is 10.1. The summed E-state index contributed by atoms with van der Waals surface area (Å²) in [6.07, 6.45) is -0.0812. The molecule has 1 aromatic carbocycles. The molecule has 0 amide bonds. The molecule has 0 aliphatic carbocycles. The summed E-state index contributed by atoms with van der Waals surface area (Å²) in [5.41, 5.74) is 8.28. The van der Waals surface area contributed by atoms with Crippen molar-refractivity contribution in [3.8, 4) is 5.75 Å². The van der Waals surface area contributed by atoms with Gasteiger partial charge >= 0.3 is 0 Å². The Balaban J connectivity index is 2.23. The third-order valence-electron chi connectivity index (χ3n) is 2.70. The molecule has 2 nitrogen and oxygen atoms in total. The molecule has 2 N–H and O–H groups in total. The maximum absolute atomic E-state index is 6.03. The maximum Gasteiger partial charge on any atom is 0.139 e. The molecular formula is C14H17NOS. The van der Waals surface area contributed by atoms with Gasteiger partial charge in [-0.15, -0.1) is 0 Å². The number of nitrogens with two attached hydrogens (primary N) is 1. The van der Waals surface area contributed by atoms with Crippen molar-refractivity contribution in [2.24, 2.45) is 5.73 Å². The number of para-hydroxylation sites is 1. The van der Waals surface area contributed by atoms with Crippen molar-refractivity contribution in [2.45, 2.75) is 26.0 Å². The van der Waals surface area contributed by atoms with E-state index in [2.05, 4.69) is 11.4 Å². The van der Waals surface area contributed by atoms with Crippen LogP contribution in [-0.2, 0) is 0 Å². The summed E-state index contributed by atoms with van der Waals surface area (Å²) in [4.78, 5) is 0. The average Bonchev–Trinajstić information content (AvgIpc) is 2.81. The molecule has 2 aromatic rings. The molecule has 2 rings (SSSR count). The highest BCUT2D eigenvalue weighted by molar-refractivity contribution is 7.07. The normalized spacial score (nSPS) is 14.3. The van der Waals surface area contributed by atoms with Gasteiger partial charge in [0.1, 0.15) is 11.9 Å². The van der Waals surface area contributed by atoms with Crippen molar-refractivity contribution < 1.29 is 4.74 Å². The number of benzene rings is 1. The van der Waals surface area contributed by atoms with Crippen LogP contribution in [0.25, 0.3) is 0 Å². The fraction of sp³-hybridized carbons (Fsp3) is 0.286. The second kappa shape index (κ2) is 5.34. The van der Waals surface area contributed by atoms with E-state index in [-0.39, 0.29) is 12.1 Å². The van der Waals surface area contributed by atoms with Crippen LogP contribution in [-0.4, -0.2) is 6.04 Å². The van der Waals surface area contributed by atoms with Gasteiger partial charge in [0.25, 0.3) is 0 Å². The Bertz CT molecular complexity index is 465. The fourth-order valence-electron chi connectivity index (χ4n) is 1.74. The number of hydrogen-bond acceptors (Lipinski definition) is 3. The van der Waals surface area contributed by atoms with Gasteiger partial charge in [-0.2, -0.15) is 11.3 Å². The van der Waals surface area contributed by atoms with Gasteiger partial charge in [0.2, 0.25) is 0 Å². The third kappa shape index (κ3) is 2.87. The van der Waals surface area contributed by atoms with E-state index in [1.165, 1.54) is 0 Å². The van der Waals surface area contributed by atoms with Crippen LogP contribution in [0.5, 0.6) is 5.75 Å². The van der Waals surface area contributed by atoms with E-state index in [1.54, 1.807) is 11.3 Å².